The van der Waals surface area contributed by atoms with Gasteiger partial charge in [0.1, 0.15) is 5.57 Å². The molecule has 2 N–H and O–H groups in total. The second-order valence-electron chi connectivity index (χ2n) is 7.14. The van der Waals surface area contributed by atoms with Gasteiger partial charge in [0.05, 0.1) is 11.3 Å². The van der Waals surface area contributed by atoms with Crippen LogP contribution >= 0.6 is 12.2 Å². The number of aromatic nitrogens is 1. The molecule has 0 bridgehead atoms. The maximum Gasteiger partial charge on any atom is 0.335 e. The molecule has 8 heteroatoms. The van der Waals surface area contributed by atoms with Crippen molar-refractivity contribution in [2.24, 2.45) is 0 Å². The maximum absolute atomic E-state index is 13.2. The van der Waals surface area contributed by atoms with Crippen LogP contribution < -0.4 is 10.2 Å². The summed E-state index contributed by atoms with van der Waals surface area (Å²) in [6.07, 6.45) is 4.06. The van der Waals surface area contributed by atoms with E-state index in [0.29, 0.717) is 17.1 Å². The summed E-state index contributed by atoms with van der Waals surface area (Å²) in [4.78, 5) is 38.5. The van der Waals surface area contributed by atoms with E-state index in [1.807, 2.05) is 19.1 Å². The molecular formula is C24H19N3O4S. The molecule has 0 unspecified atom stereocenters. The topological polar surface area (TPSA) is 91.6 Å². The number of carboxylic acid groups (broad SMARTS) is 1. The molecule has 1 aliphatic heterocycles. The number of anilines is 1. The fraction of sp³-hybridized carbons (Fsp3) is 0.0833. The molecule has 0 atom stereocenters. The summed E-state index contributed by atoms with van der Waals surface area (Å²) in [7, 11) is 0. The first-order valence-electron chi connectivity index (χ1n) is 9.90. The SMILES string of the molecule is CCc1ccc(N2C(=O)C(=Cc3cccn3-c3cccc(C(=O)O)c3)C(=O)NC2=S)cc1. The Morgan fingerprint density at radius 2 is 1.81 bits per heavy atom. The van der Waals surface area contributed by atoms with Crippen molar-refractivity contribution in [2.75, 3.05) is 4.90 Å². The number of carboxylic acids is 1. The highest BCUT2D eigenvalue weighted by molar-refractivity contribution is 7.80. The van der Waals surface area contributed by atoms with Crippen LogP contribution in [0, 0.1) is 0 Å². The molecule has 4 rings (SSSR count). The van der Waals surface area contributed by atoms with Crippen molar-refractivity contribution in [1.29, 1.82) is 0 Å². The van der Waals surface area contributed by atoms with E-state index in [4.69, 9.17) is 12.2 Å². The standard InChI is InChI=1S/C24H19N3O4S/c1-2-15-8-10-17(11-9-15)27-22(29)20(21(28)25-24(27)32)14-19-7-4-12-26(19)18-6-3-5-16(13-18)23(30)31/h3-14H,2H2,1H3,(H,30,31)(H,25,28,32). The van der Waals surface area contributed by atoms with Crippen molar-refractivity contribution >= 4 is 46.9 Å². The van der Waals surface area contributed by atoms with Gasteiger partial charge in [0.15, 0.2) is 5.11 Å². The first-order valence-corrected chi connectivity index (χ1v) is 10.3. The van der Waals surface area contributed by atoms with E-state index < -0.39 is 17.8 Å². The summed E-state index contributed by atoms with van der Waals surface area (Å²) in [5.74, 6) is -2.16. The molecule has 0 radical (unpaired) electrons. The van der Waals surface area contributed by atoms with E-state index in [1.54, 1.807) is 47.2 Å². The third kappa shape index (κ3) is 3.95. The van der Waals surface area contributed by atoms with Gasteiger partial charge in [-0.05, 0) is 72.7 Å². The van der Waals surface area contributed by atoms with Crippen molar-refractivity contribution < 1.29 is 19.5 Å². The average Bonchev–Trinajstić information content (AvgIpc) is 3.25. The Morgan fingerprint density at radius 1 is 1.06 bits per heavy atom. The number of aromatic carboxylic acids is 1. The third-order valence-electron chi connectivity index (χ3n) is 5.15. The monoisotopic (exact) mass is 445 g/mol. The van der Waals surface area contributed by atoms with Gasteiger partial charge in [0.2, 0.25) is 0 Å². The molecule has 2 aromatic carbocycles. The molecule has 1 aliphatic rings. The number of hydrogen-bond donors (Lipinski definition) is 2. The number of carbonyl (C=O) groups is 3. The number of hydrogen-bond acceptors (Lipinski definition) is 4. The molecule has 1 fully saturated rings. The summed E-state index contributed by atoms with van der Waals surface area (Å²) in [5.41, 5.74) is 2.87. The molecule has 1 aromatic heterocycles. The van der Waals surface area contributed by atoms with Gasteiger partial charge >= 0.3 is 5.97 Å². The van der Waals surface area contributed by atoms with Crippen LogP contribution in [0.4, 0.5) is 5.69 Å². The lowest BCUT2D eigenvalue weighted by Crippen LogP contribution is -2.54. The number of carbonyl (C=O) groups excluding carboxylic acids is 2. The summed E-state index contributed by atoms with van der Waals surface area (Å²) in [5, 5.41) is 11.9. The van der Waals surface area contributed by atoms with Gasteiger partial charge in [-0.1, -0.05) is 25.1 Å². The van der Waals surface area contributed by atoms with E-state index in [9.17, 15) is 19.5 Å². The van der Waals surface area contributed by atoms with Crippen molar-refractivity contribution in [2.45, 2.75) is 13.3 Å². The molecule has 2 heterocycles. The highest BCUT2D eigenvalue weighted by Gasteiger charge is 2.34. The number of amides is 2. The third-order valence-corrected chi connectivity index (χ3v) is 5.43. The van der Waals surface area contributed by atoms with Gasteiger partial charge < -0.3 is 9.67 Å². The second kappa shape index (κ2) is 8.60. The van der Waals surface area contributed by atoms with Crippen molar-refractivity contribution in [3.8, 4) is 5.69 Å². The second-order valence-corrected chi connectivity index (χ2v) is 7.52. The Labute approximate surface area is 189 Å². The molecule has 0 aliphatic carbocycles. The van der Waals surface area contributed by atoms with E-state index in [-0.39, 0.29) is 16.2 Å². The molecule has 3 aromatic rings. The van der Waals surface area contributed by atoms with E-state index in [2.05, 4.69) is 5.32 Å². The lowest BCUT2D eigenvalue weighted by molar-refractivity contribution is -0.122. The van der Waals surface area contributed by atoms with Gasteiger partial charge in [0, 0.05) is 17.6 Å². The number of benzene rings is 2. The van der Waals surface area contributed by atoms with E-state index >= 15 is 0 Å². The molecule has 7 nitrogen and oxygen atoms in total. The zero-order valence-corrected chi connectivity index (χ0v) is 17.9. The van der Waals surface area contributed by atoms with Crippen molar-refractivity contribution in [3.63, 3.8) is 0 Å². The van der Waals surface area contributed by atoms with E-state index in [0.717, 1.165) is 12.0 Å². The fourth-order valence-electron chi connectivity index (χ4n) is 3.46. The normalized spacial score (nSPS) is 15.2. The predicted octanol–water partition coefficient (Wildman–Crippen LogP) is 3.57. The largest absolute Gasteiger partial charge is 0.478 e. The number of nitrogens with one attached hydrogen (secondary N) is 1. The first kappa shape index (κ1) is 21.2. The van der Waals surface area contributed by atoms with Gasteiger partial charge in [-0.2, -0.15) is 0 Å². The van der Waals surface area contributed by atoms with Crippen LogP contribution in [0.15, 0.2) is 72.4 Å². The Hall–Kier alpha value is -4.04. The molecular weight excluding hydrogens is 426 g/mol. The molecule has 32 heavy (non-hydrogen) atoms. The minimum atomic E-state index is -1.04. The zero-order chi connectivity index (χ0) is 22.8. The maximum atomic E-state index is 13.2. The Morgan fingerprint density at radius 3 is 2.50 bits per heavy atom. The lowest BCUT2D eigenvalue weighted by Gasteiger charge is -2.29. The van der Waals surface area contributed by atoms with Crippen LogP contribution in [0.25, 0.3) is 11.8 Å². The Kier molecular flexibility index (Phi) is 5.70. The van der Waals surface area contributed by atoms with Crippen LogP contribution in [0.3, 0.4) is 0 Å². The van der Waals surface area contributed by atoms with Crippen LogP contribution in [0.5, 0.6) is 0 Å². The summed E-state index contributed by atoms with van der Waals surface area (Å²) in [6, 6.07) is 17.3. The Balaban J connectivity index is 1.72. The highest BCUT2D eigenvalue weighted by Crippen LogP contribution is 2.24. The molecule has 0 spiro atoms. The summed E-state index contributed by atoms with van der Waals surface area (Å²) < 4.78 is 1.70. The number of nitrogens with zero attached hydrogens (tertiary/aromatic N) is 2. The molecule has 1 saturated heterocycles. The quantitative estimate of drug-likeness (QED) is 0.356. The minimum absolute atomic E-state index is 0.0194. The smallest absolute Gasteiger partial charge is 0.335 e. The highest BCUT2D eigenvalue weighted by atomic mass is 32.1. The van der Waals surface area contributed by atoms with Crippen LogP contribution in [0.1, 0.15) is 28.5 Å². The zero-order valence-electron chi connectivity index (χ0n) is 17.1. The molecule has 2 amide bonds. The lowest BCUT2D eigenvalue weighted by atomic mass is 10.1. The van der Waals surface area contributed by atoms with Gasteiger partial charge in [0.25, 0.3) is 11.8 Å². The van der Waals surface area contributed by atoms with Crippen LogP contribution in [-0.2, 0) is 16.0 Å². The fourth-order valence-corrected chi connectivity index (χ4v) is 3.74. The average molecular weight is 446 g/mol. The van der Waals surface area contributed by atoms with Crippen LogP contribution in [0.2, 0.25) is 0 Å². The predicted molar refractivity (Wildman–Crippen MR) is 125 cm³/mol. The first-order chi connectivity index (χ1) is 15.4. The minimum Gasteiger partial charge on any atom is -0.478 e. The molecule has 0 saturated carbocycles. The summed E-state index contributed by atoms with van der Waals surface area (Å²) >= 11 is 5.25. The van der Waals surface area contributed by atoms with Gasteiger partial charge in [-0.15, -0.1) is 0 Å². The van der Waals surface area contributed by atoms with Gasteiger partial charge in [-0.25, -0.2) is 4.79 Å². The number of aryl methyl sites for hydroxylation is 1. The Bertz CT molecular complexity index is 1270. The molecule has 160 valence electrons. The number of rotatable bonds is 5. The van der Waals surface area contributed by atoms with Crippen molar-refractivity contribution in [3.05, 3.63) is 89.3 Å². The summed E-state index contributed by atoms with van der Waals surface area (Å²) in [6.45, 7) is 2.04. The van der Waals surface area contributed by atoms with E-state index in [1.165, 1.54) is 23.1 Å². The van der Waals surface area contributed by atoms with Crippen molar-refractivity contribution in [1.82, 2.24) is 9.88 Å². The van der Waals surface area contributed by atoms with Crippen LogP contribution in [-0.4, -0.2) is 32.6 Å². The number of thiocarbonyl (C=S) groups is 1. The van der Waals surface area contributed by atoms with Gasteiger partial charge in [-0.3, -0.25) is 19.8 Å².